The lowest BCUT2D eigenvalue weighted by atomic mass is 10.1. The molecule has 1 unspecified atom stereocenters. The molecule has 0 aromatic carbocycles. The lowest BCUT2D eigenvalue weighted by Crippen LogP contribution is -2.51. The second-order valence-corrected chi connectivity index (χ2v) is 7.92. The number of amides is 2. The first-order valence-electron chi connectivity index (χ1n) is 8.62. The highest BCUT2D eigenvalue weighted by molar-refractivity contribution is 7.11. The zero-order valence-electron chi connectivity index (χ0n) is 14.8. The van der Waals surface area contributed by atoms with Gasteiger partial charge in [0.05, 0.1) is 18.3 Å². The molecule has 11 heteroatoms. The molecule has 27 heavy (non-hydrogen) atoms. The second kappa shape index (κ2) is 7.72. The first kappa shape index (κ1) is 20.0. The molecule has 0 radical (unpaired) electrons. The minimum Gasteiger partial charge on any atom is -0.367 e. The predicted molar refractivity (Wildman–Crippen MR) is 90.8 cm³/mol. The van der Waals surface area contributed by atoms with Gasteiger partial charge in [-0.05, 0) is 6.92 Å². The van der Waals surface area contributed by atoms with Crippen molar-refractivity contribution in [3.05, 3.63) is 15.6 Å². The number of thiazole rings is 1. The summed E-state index contributed by atoms with van der Waals surface area (Å²) >= 11 is 0.639. The number of alkyl halides is 3. The molecule has 0 aliphatic carbocycles. The maximum atomic E-state index is 12.8. The average molecular weight is 406 g/mol. The lowest BCUT2D eigenvalue weighted by Gasteiger charge is -2.33. The summed E-state index contributed by atoms with van der Waals surface area (Å²) < 4.78 is 43.6. The molecular formula is C16H21F3N4O3S. The van der Waals surface area contributed by atoms with E-state index in [1.807, 2.05) is 6.92 Å². The van der Waals surface area contributed by atoms with Crippen molar-refractivity contribution in [3.63, 3.8) is 0 Å². The van der Waals surface area contributed by atoms with Crippen molar-refractivity contribution in [2.75, 3.05) is 26.2 Å². The quantitative estimate of drug-likeness (QED) is 0.806. The van der Waals surface area contributed by atoms with Gasteiger partial charge in [-0.3, -0.25) is 9.59 Å². The Bertz CT molecular complexity index is 724. The summed E-state index contributed by atoms with van der Waals surface area (Å²) in [6.45, 7) is 2.91. The van der Waals surface area contributed by atoms with E-state index in [9.17, 15) is 22.8 Å². The Morgan fingerprint density at radius 1 is 1.48 bits per heavy atom. The molecule has 2 aliphatic rings. The van der Waals surface area contributed by atoms with Crippen molar-refractivity contribution in [1.29, 1.82) is 0 Å². The molecule has 2 N–H and O–H groups in total. The summed E-state index contributed by atoms with van der Waals surface area (Å²) in [5, 5.41) is -0.876. The third-order valence-corrected chi connectivity index (χ3v) is 5.74. The molecule has 0 saturated carbocycles. The summed E-state index contributed by atoms with van der Waals surface area (Å²) in [4.78, 5) is 31.6. The Labute approximate surface area is 158 Å². The Hall–Kier alpha value is -1.72. The number of hydrogen-bond acceptors (Lipinski definition) is 6. The number of nitrogens with two attached hydrogens (primary N) is 1. The smallest absolute Gasteiger partial charge is 0.367 e. The van der Waals surface area contributed by atoms with E-state index in [1.165, 1.54) is 4.90 Å². The number of morpholine rings is 1. The second-order valence-electron chi connectivity index (χ2n) is 6.84. The predicted octanol–water partition coefficient (Wildman–Crippen LogP) is 1.01. The van der Waals surface area contributed by atoms with E-state index in [0.29, 0.717) is 41.4 Å². The first-order valence-corrected chi connectivity index (χ1v) is 9.43. The maximum absolute atomic E-state index is 12.8. The van der Waals surface area contributed by atoms with Crippen LogP contribution in [0.4, 0.5) is 13.2 Å². The molecule has 1 aromatic heterocycles. The molecule has 1 saturated heterocycles. The third-order valence-electron chi connectivity index (χ3n) is 4.54. The molecule has 0 bridgehead atoms. The largest absolute Gasteiger partial charge is 0.443 e. The van der Waals surface area contributed by atoms with E-state index in [2.05, 4.69) is 4.98 Å². The minimum absolute atomic E-state index is 0.00208. The van der Waals surface area contributed by atoms with Gasteiger partial charge in [-0.1, -0.05) is 0 Å². The molecular weight excluding hydrogens is 385 g/mol. The van der Waals surface area contributed by atoms with Gasteiger partial charge >= 0.3 is 6.18 Å². The third kappa shape index (κ3) is 4.77. The standard InChI is InChI=1S/C16H21F3N4O3S/c1-9-5-23(14(25)8-26-9)6-10(20)4-13(24)22-3-2-12-11(7-22)21-15(27-12)16(17,18)19/h9-10H,2-8,20H2,1H3/t9?,10-/m0/s1. The highest BCUT2D eigenvalue weighted by Gasteiger charge is 2.37. The van der Waals surface area contributed by atoms with E-state index in [-0.39, 0.29) is 44.0 Å². The van der Waals surface area contributed by atoms with Crippen LogP contribution in [0.5, 0.6) is 0 Å². The summed E-state index contributed by atoms with van der Waals surface area (Å²) in [6, 6.07) is -0.547. The van der Waals surface area contributed by atoms with Gasteiger partial charge in [-0.15, -0.1) is 11.3 Å². The summed E-state index contributed by atoms with van der Waals surface area (Å²) in [6.07, 6.45) is -4.19. The zero-order chi connectivity index (χ0) is 19.8. The molecule has 2 amide bonds. The van der Waals surface area contributed by atoms with E-state index in [4.69, 9.17) is 10.5 Å². The minimum atomic E-state index is -4.47. The number of nitrogens with zero attached hydrogens (tertiary/aromatic N) is 3. The SMILES string of the molecule is CC1CN(C[C@@H](N)CC(=O)N2CCc3sc(C(F)(F)F)nc3C2)C(=O)CO1. The molecule has 2 atom stereocenters. The van der Waals surface area contributed by atoms with Crippen molar-refractivity contribution < 1.29 is 27.5 Å². The highest BCUT2D eigenvalue weighted by Crippen LogP contribution is 2.36. The number of hydrogen-bond donors (Lipinski definition) is 1. The number of carbonyl (C=O) groups is 2. The van der Waals surface area contributed by atoms with Gasteiger partial charge in [-0.2, -0.15) is 13.2 Å². The van der Waals surface area contributed by atoms with Crippen LogP contribution in [0.1, 0.15) is 28.9 Å². The molecule has 2 aliphatic heterocycles. The van der Waals surface area contributed by atoms with E-state index >= 15 is 0 Å². The van der Waals surface area contributed by atoms with Crippen molar-refractivity contribution >= 4 is 23.2 Å². The number of aromatic nitrogens is 1. The fourth-order valence-electron chi connectivity index (χ4n) is 3.18. The van der Waals surface area contributed by atoms with Crippen LogP contribution in [-0.2, 0) is 33.5 Å². The van der Waals surface area contributed by atoms with Crippen LogP contribution in [0, 0.1) is 0 Å². The normalized spacial score (nSPS) is 22.0. The van der Waals surface area contributed by atoms with Crippen LogP contribution in [0.25, 0.3) is 0 Å². The Morgan fingerprint density at radius 2 is 2.22 bits per heavy atom. The van der Waals surface area contributed by atoms with Crippen LogP contribution >= 0.6 is 11.3 Å². The topological polar surface area (TPSA) is 88.8 Å². The molecule has 1 aromatic rings. The lowest BCUT2D eigenvalue weighted by molar-refractivity contribution is -0.148. The Kier molecular flexibility index (Phi) is 5.73. The van der Waals surface area contributed by atoms with E-state index in [1.54, 1.807) is 4.90 Å². The van der Waals surface area contributed by atoms with Crippen LogP contribution in [-0.4, -0.2) is 65.0 Å². The number of halogens is 3. The molecule has 0 spiro atoms. The molecule has 3 heterocycles. The van der Waals surface area contributed by atoms with Gasteiger partial charge in [0.2, 0.25) is 11.8 Å². The molecule has 1 fully saturated rings. The monoisotopic (exact) mass is 406 g/mol. The van der Waals surface area contributed by atoms with Gasteiger partial charge in [0.25, 0.3) is 0 Å². The van der Waals surface area contributed by atoms with E-state index < -0.39 is 17.2 Å². The van der Waals surface area contributed by atoms with Crippen LogP contribution in [0.15, 0.2) is 0 Å². The average Bonchev–Trinajstić information content (AvgIpc) is 3.01. The maximum Gasteiger partial charge on any atom is 0.443 e. The summed E-state index contributed by atoms with van der Waals surface area (Å²) in [5.41, 5.74) is 6.33. The van der Waals surface area contributed by atoms with Crippen LogP contribution < -0.4 is 5.73 Å². The van der Waals surface area contributed by atoms with Crippen LogP contribution in [0.3, 0.4) is 0 Å². The van der Waals surface area contributed by atoms with Crippen molar-refractivity contribution in [2.24, 2.45) is 5.73 Å². The van der Waals surface area contributed by atoms with Gasteiger partial charge in [0.1, 0.15) is 6.61 Å². The number of ether oxygens (including phenoxy) is 1. The molecule has 150 valence electrons. The highest BCUT2D eigenvalue weighted by atomic mass is 32.1. The van der Waals surface area contributed by atoms with Crippen molar-refractivity contribution in [1.82, 2.24) is 14.8 Å². The van der Waals surface area contributed by atoms with E-state index in [0.717, 1.165) is 0 Å². The van der Waals surface area contributed by atoms with Crippen LogP contribution in [0.2, 0.25) is 0 Å². The van der Waals surface area contributed by atoms with Crippen molar-refractivity contribution in [3.8, 4) is 0 Å². The van der Waals surface area contributed by atoms with Crippen molar-refractivity contribution in [2.45, 2.75) is 44.6 Å². The van der Waals surface area contributed by atoms with Gasteiger partial charge in [-0.25, -0.2) is 4.98 Å². The number of fused-ring (bicyclic) bond motifs is 1. The fraction of sp³-hybridized carbons (Fsp3) is 0.688. The molecule has 7 nitrogen and oxygen atoms in total. The summed E-state index contributed by atoms with van der Waals surface area (Å²) in [7, 11) is 0. The number of rotatable bonds is 4. The first-order chi connectivity index (χ1) is 12.6. The summed E-state index contributed by atoms with van der Waals surface area (Å²) in [5.74, 6) is -0.413. The van der Waals surface area contributed by atoms with Gasteiger partial charge in [0, 0.05) is 43.4 Å². The zero-order valence-corrected chi connectivity index (χ0v) is 15.6. The fourth-order valence-corrected chi connectivity index (χ4v) is 4.11. The number of carbonyl (C=O) groups excluding carboxylic acids is 2. The Balaban J connectivity index is 1.55. The van der Waals surface area contributed by atoms with Gasteiger partial charge < -0.3 is 20.3 Å². The molecule has 3 rings (SSSR count). The van der Waals surface area contributed by atoms with Gasteiger partial charge in [0.15, 0.2) is 5.01 Å². The Morgan fingerprint density at radius 3 is 2.93 bits per heavy atom.